The SMILES string of the molecule is OB(O)O.[Eu].[Gd]. The molecule has 6 heteroatoms. The van der Waals surface area contributed by atoms with Gasteiger partial charge in [0, 0.05) is 89.3 Å². The Bertz CT molecular complexity index is 15.5. The van der Waals surface area contributed by atoms with Crippen molar-refractivity contribution in [2.45, 2.75) is 0 Å². The molecule has 0 aromatic heterocycles. The molecular weight excluding hydrogens is 368 g/mol. The molecule has 3 N–H and O–H groups in total. The van der Waals surface area contributed by atoms with E-state index in [1.807, 2.05) is 0 Å². The molecule has 0 heterocycles. The molecule has 0 bridgehead atoms. The number of hydrogen-bond donors (Lipinski definition) is 3. The van der Waals surface area contributed by atoms with Gasteiger partial charge in [-0.15, -0.1) is 0 Å². The van der Waals surface area contributed by atoms with Crippen LogP contribution in [-0.2, 0) is 0 Å². The maximum Gasteiger partial charge on any atom is 0.631 e. The van der Waals surface area contributed by atoms with E-state index in [-0.39, 0.29) is 89.3 Å². The summed E-state index contributed by atoms with van der Waals surface area (Å²) in [6.45, 7) is 0. The fraction of sp³-hybridized carbons (Fsp3) is 0. The molecule has 0 saturated heterocycles. The summed E-state index contributed by atoms with van der Waals surface area (Å²) in [6.07, 6.45) is 0. The van der Waals surface area contributed by atoms with E-state index >= 15 is 0 Å². The minimum absolute atomic E-state index is 0. The van der Waals surface area contributed by atoms with Crippen molar-refractivity contribution in [3.05, 3.63) is 0 Å². The molecule has 0 aliphatic carbocycles. The van der Waals surface area contributed by atoms with Crippen molar-refractivity contribution in [3.8, 4) is 0 Å². The van der Waals surface area contributed by atoms with Crippen molar-refractivity contribution < 1.29 is 104 Å². The standard InChI is InChI=1S/BH3O3.Eu.Gd/c2-1(3)4;;/h2-4H;;. The Labute approximate surface area is 109 Å². The fourth-order valence-corrected chi connectivity index (χ4v) is 0. The van der Waals surface area contributed by atoms with E-state index in [4.69, 9.17) is 15.1 Å². The van der Waals surface area contributed by atoms with Crippen molar-refractivity contribution in [2.75, 3.05) is 0 Å². The van der Waals surface area contributed by atoms with Crippen LogP contribution in [0, 0.1) is 89.3 Å². The smallest absolute Gasteiger partial charge is 0.402 e. The van der Waals surface area contributed by atoms with E-state index in [2.05, 4.69) is 0 Å². The summed E-state index contributed by atoms with van der Waals surface area (Å²) < 4.78 is 0. The fourth-order valence-electron chi connectivity index (χ4n) is 0. The Morgan fingerprint density at radius 1 is 1.00 bits per heavy atom. The minimum atomic E-state index is -2.17. The zero-order chi connectivity index (χ0) is 3.58. The summed E-state index contributed by atoms with van der Waals surface area (Å²) >= 11 is 0. The third kappa shape index (κ3) is 28.8. The van der Waals surface area contributed by atoms with Crippen LogP contribution in [-0.4, -0.2) is 22.4 Å². The molecule has 0 saturated carbocycles. The molecule has 0 aliphatic heterocycles. The van der Waals surface area contributed by atoms with Crippen molar-refractivity contribution in [3.63, 3.8) is 0 Å². The second-order valence-corrected chi connectivity index (χ2v) is 0.346. The van der Waals surface area contributed by atoms with Crippen molar-refractivity contribution in [1.29, 1.82) is 0 Å². The third-order valence-corrected chi connectivity index (χ3v) is 0. The van der Waals surface area contributed by atoms with Gasteiger partial charge in [0.05, 0.1) is 0 Å². The molecule has 1 radical (unpaired) electrons. The van der Waals surface area contributed by atoms with Crippen LogP contribution in [0.5, 0.6) is 0 Å². The first-order valence-corrected chi connectivity index (χ1v) is 0.775. The number of rotatable bonds is 0. The predicted molar refractivity (Wildman–Crippen MR) is 12.4 cm³/mol. The van der Waals surface area contributed by atoms with E-state index in [9.17, 15) is 0 Å². The van der Waals surface area contributed by atoms with Crippen LogP contribution in [0.15, 0.2) is 0 Å². The molecule has 0 rings (SSSR count). The van der Waals surface area contributed by atoms with Gasteiger partial charge in [-0.2, -0.15) is 0 Å². The molecule has 39 valence electrons. The monoisotopic (exact) mass is 373 g/mol. The van der Waals surface area contributed by atoms with Gasteiger partial charge in [-0.25, -0.2) is 0 Å². The van der Waals surface area contributed by atoms with Gasteiger partial charge in [-0.05, 0) is 0 Å². The van der Waals surface area contributed by atoms with Gasteiger partial charge in [0.15, 0.2) is 0 Å². The van der Waals surface area contributed by atoms with Crippen LogP contribution < -0.4 is 0 Å². The number of hydrogen-bond acceptors (Lipinski definition) is 3. The van der Waals surface area contributed by atoms with Gasteiger partial charge in [-0.1, -0.05) is 0 Å². The van der Waals surface area contributed by atoms with Crippen molar-refractivity contribution >= 4 is 7.32 Å². The van der Waals surface area contributed by atoms with Crippen LogP contribution in [0.4, 0.5) is 0 Å². The Balaban J connectivity index is -0.0000000450. The quantitative estimate of drug-likeness (QED) is 0.430. The van der Waals surface area contributed by atoms with Gasteiger partial charge < -0.3 is 15.1 Å². The maximum atomic E-state index is 7.17. The summed E-state index contributed by atoms with van der Waals surface area (Å²) in [5, 5.41) is 21.5. The first-order valence-electron chi connectivity index (χ1n) is 0.775. The summed E-state index contributed by atoms with van der Waals surface area (Å²) in [5.74, 6) is 0. The third-order valence-electron chi connectivity index (χ3n) is 0. The average Bonchev–Trinajstić information content (AvgIpc) is 0.811. The second kappa shape index (κ2) is 10.8. The summed E-state index contributed by atoms with van der Waals surface area (Å²) in [6, 6.07) is 0. The van der Waals surface area contributed by atoms with Crippen LogP contribution in [0.2, 0.25) is 0 Å². The van der Waals surface area contributed by atoms with E-state index in [1.165, 1.54) is 0 Å². The minimum Gasteiger partial charge on any atom is -0.402 e. The predicted octanol–water partition coefficient (Wildman–Crippen LogP) is -2.05. The average molecular weight is 371 g/mol. The molecule has 0 fully saturated rings. The molecular formula is H3BEuGdO3. The first kappa shape index (κ1) is 15.9. The van der Waals surface area contributed by atoms with Gasteiger partial charge in [0.2, 0.25) is 0 Å². The first-order chi connectivity index (χ1) is 1.73. The van der Waals surface area contributed by atoms with Crippen molar-refractivity contribution in [1.82, 2.24) is 0 Å². The molecule has 0 unspecified atom stereocenters. The second-order valence-electron chi connectivity index (χ2n) is 0.346. The molecule has 0 spiro atoms. The largest absolute Gasteiger partial charge is 0.631 e. The van der Waals surface area contributed by atoms with E-state index < -0.39 is 7.32 Å². The Hall–Kier alpha value is 2.85. The summed E-state index contributed by atoms with van der Waals surface area (Å²) in [7, 11) is -2.17. The summed E-state index contributed by atoms with van der Waals surface area (Å²) in [5.41, 5.74) is 0. The van der Waals surface area contributed by atoms with Crippen molar-refractivity contribution in [2.24, 2.45) is 0 Å². The molecule has 0 aliphatic rings. The molecule has 3 nitrogen and oxygen atoms in total. The molecule has 6 heavy (non-hydrogen) atoms. The van der Waals surface area contributed by atoms with E-state index in [0.29, 0.717) is 0 Å². The molecule has 0 aromatic rings. The molecule has 0 atom stereocenters. The zero-order valence-corrected chi connectivity index (χ0v) is 7.34. The van der Waals surface area contributed by atoms with Gasteiger partial charge in [0.25, 0.3) is 0 Å². The van der Waals surface area contributed by atoms with Crippen LogP contribution >= 0.6 is 0 Å². The van der Waals surface area contributed by atoms with Crippen LogP contribution in [0.1, 0.15) is 0 Å². The van der Waals surface area contributed by atoms with Gasteiger partial charge in [-0.3, -0.25) is 0 Å². The van der Waals surface area contributed by atoms with Gasteiger partial charge >= 0.3 is 7.32 Å². The zero-order valence-electron chi connectivity index (χ0n) is 2.65. The topological polar surface area (TPSA) is 60.7 Å². The summed E-state index contributed by atoms with van der Waals surface area (Å²) in [4.78, 5) is 0. The molecule has 0 aromatic carbocycles. The van der Waals surface area contributed by atoms with Crippen LogP contribution in [0.25, 0.3) is 0 Å². The van der Waals surface area contributed by atoms with E-state index in [0.717, 1.165) is 0 Å². The van der Waals surface area contributed by atoms with Crippen LogP contribution in [0.3, 0.4) is 0 Å². The Kier molecular flexibility index (Phi) is 28.6. The Morgan fingerprint density at radius 2 is 1.00 bits per heavy atom. The maximum absolute atomic E-state index is 7.17. The molecule has 0 amide bonds. The van der Waals surface area contributed by atoms with Gasteiger partial charge in [0.1, 0.15) is 0 Å². The normalized spacial score (nSPS) is 4.50. The van der Waals surface area contributed by atoms with E-state index in [1.54, 1.807) is 0 Å². The Morgan fingerprint density at radius 3 is 1.00 bits per heavy atom.